The minimum Gasteiger partial charge on any atom is -0.493 e. The summed E-state index contributed by atoms with van der Waals surface area (Å²) in [5.41, 5.74) is 3.89. The first-order chi connectivity index (χ1) is 19.6. The summed E-state index contributed by atoms with van der Waals surface area (Å²) in [5.74, 6) is 2.49. The average molecular weight is 557 g/mol. The van der Waals surface area contributed by atoms with Gasteiger partial charge in [-0.05, 0) is 65.4 Å². The van der Waals surface area contributed by atoms with E-state index in [1.54, 1.807) is 38.5 Å². The van der Waals surface area contributed by atoms with Crippen LogP contribution in [0, 0.1) is 0 Å². The number of halogens is 1. The van der Waals surface area contributed by atoms with E-state index in [1.165, 1.54) is 0 Å². The van der Waals surface area contributed by atoms with Gasteiger partial charge in [0, 0.05) is 12.5 Å². The zero-order chi connectivity index (χ0) is 28.2. The van der Waals surface area contributed by atoms with E-state index in [2.05, 4.69) is 0 Å². The predicted molar refractivity (Wildman–Crippen MR) is 160 cm³/mol. The first-order valence-corrected chi connectivity index (χ1v) is 13.5. The van der Waals surface area contributed by atoms with E-state index in [4.69, 9.17) is 30.5 Å². The molecule has 4 rings (SSSR count). The van der Waals surface area contributed by atoms with Crippen LogP contribution in [0.25, 0.3) is 6.08 Å². The summed E-state index contributed by atoms with van der Waals surface area (Å²) in [7, 11) is 3.20. The molecule has 0 aromatic heterocycles. The lowest BCUT2D eigenvalue weighted by molar-refractivity contribution is -0.114. The molecule has 0 fully saturated rings. The highest BCUT2D eigenvalue weighted by Crippen LogP contribution is 2.35. The Labute approximate surface area is 240 Å². The fourth-order valence-corrected chi connectivity index (χ4v) is 4.36. The van der Waals surface area contributed by atoms with E-state index < -0.39 is 0 Å². The third kappa shape index (κ3) is 8.39. The number of carbonyl (C=O) groups is 1. The number of allylic oxidation sites excluding steroid dienone is 1. The van der Waals surface area contributed by atoms with Crippen LogP contribution in [0.1, 0.15) is 35.1 Å². The van der Waals surface area contributed by atoms with Crippen molar-refractivity contribution in [3.05, 3.63) is 124 Å². The normalized spacial score (nSPS) is 10.9. The predicted octanol–water partition coefficient (Wildman–Crippen LogP) is 8.12. The second-order valence-corrected chi connectivity index (χ2v) is 9.62. The van der Waals surface area contributed by atoms with Crippen LogP contribution in [-0.4, -0.2) is 20.0 Å². The maximum atomic E-state index is 12.6. The van der Waals surface area contributed by atoms with Gasteiger partial charge in [-0.2, -0.15) is 0 Å². The minimum absolute atomic E-state index is 0.0210. The molecular weight excluding hydrogens is 524 g/mol. The van der Waals surface area contributed by atoms with Crippen LogP contribution in [-0.2, 0) is 24.4 Å². The van der Waals surface area contributed by atoms with Gasteiger partial charge in [-0.25, -0.2) is 0 Å². The molecule has 206 valence electrons. The molecule has 0 saturated carbocycles. The standard InChI is InChI=1S/C34H33ClO5/c1-37-31-19-16-25(20-33(31)39-23-26-10-5-3-6-11-26)14-9-15-29(36)18-17-28-21-34(32(38-2)22-30(28)35)40-24-27-12-7-4-8-13-27/h3-8,10-13,16-22H,9,14-15,23-24H2,1-2H3/b18-17+. The van der Waals surface area contributed by atoms with Crippen LogP contribution < -0.4 is 18.9 Å². The molecule has 0 N–H and O–H groups in total. The van der Waals surface area contributed by atoms with Gasteiger partial charge < -0.3 is 18.9 Å². The molecule has 0 saturated heterocycles. The molecule has 0 aliphatic carbocycles. The first-order valence-electron chi connectivity index (χ1n) is 13.1. The molecule has 0 unspecified atom stereocenters. The summed E-state index contributed by atoms with van der Waals surface area (Å²) in [6.45, 7) is 0.849. The Bertz CT molecular complexity index is 1420. The number of benzene rings is 4. The fourth-order valence-electron chi connectivity index (χ4n) is 4.14. The van der Waals surface area contributed by atoms with Gasteiger partial charge >= 0.3 is 0 Å². The average Bonchev–Trinajstić information content (AvgIpc) is 2.99. The lowest BCUT2D eigenvalue weighted by Crippen LogP contribution is -1.99. The highest BCUT2D eigenvalue weighted by Gasteiger charge is 2.11. The van der Waals surface area contributed by atoms with Gasteiger partial charge in [-0.15, -0.1) is 0 Å². The summed E-state index contributed by atoms with van der Waals surface area (Å²) < 4.78 is 22.9. The molecule has 6 heteroatoms. The third-order valence-electron chi connectivity index (χ3n) is 6.32. The fraction of sp³-hybridized carbons (Fsp3) is 0.206. The Hall–Kier alpha value is -4.22. The van der Waals surface area contributed by atoms with Crippen LogP contribution in [0.2, 0.25) is 5.02 Å². The van der Waals surface area contributed by atoms with Crippen molar-refractivity contribution in [2.45, 2.75) is 32.5 Å². The van der Waals surface area contributed by atoms with E-state index in [9.17, 15) is 4.79 Å². The number of rotatable bonds is 14. The summed E-state index contributed by atoms with van der Waals surface area (Å²) in [5, 5.41) is 0.481. The lowest BCUT2D eigenvalue weighted by Gasteiger charge is -2.13. The van der Waals surface area contributed by atoms with Crippen molar-refractivity contribution in [1.29, 1.82) is 0 Å². The maximum Gasteiger partial charge on any atom is 0.162 e. The van der Waals surface area contributed by atoms with Crippen molar-refractivity contribution in [2.24, 2.45) is 0 Å². The number of hydrogen-bond donors (Lipinski definition) is 0. The number of methoxy groups -OCH3 is 2. The molecular formula is C34H33ClO5. The van der Waals surface area contributed by atoms with Crippen molar-refractivity contribution in [3.63, 3.8) is 0 Å². The summed E-state index contributed by atoms with van der Waals surface area (Å²) in [4.78, 5) is 12.6. The van der Waals surface area contributed by atoms with E-state index in [1.807, 2.05) is 78.9 Å². The summed E-state index contributed by atoms with van der Waals surface area (Å²) >= 11 is 6.45. The Morgan fingerprint density at radius 2 is 1.30 bits per heavy atom. The SMILES string of the molecule is COc1ccc(CCCC(=O)/C=C/c2cc(OCc3ccccc3)c(OC)cc2Cl)cc1OCc1ccccc1. The van der Waals surface area contributed by atoms with E-state index >= 15 is 0 Å². The number of aryl methyl sites for hydroxylation is 1. The molecule has 0 aliphatic heterocycles. The molecule has 5 nitrogen and oxygen atoms in total. The van der Waals surface area contributed by atoms with Gasteiger partial charge in [0.1, 0.15) is 13.2 Å². The first kappa shape index (κ1) is 28.8. The second-order valence-electron chi connectivity index (χ2n) is 9.21. The van der Waals surface area contributed by atoms with Gasteiger partial charge in [0.15, 0.2) is 28.8 Å². The molecule has 0 radical (unpaired) electrons. The molecule has 4 aromatic carbocycles. The zero-order valence-electron chi connectivity index (χ0n) is 22.8. The van der Waals surface area contributed by atoms with Gasteiger partial charge in [-0.3, -0.25) is 4.79 Å². The Morgan fingerprint density at radius 3 is 1.90 bits per heavy atom. The minimum atomic E-state index is 0.0210. The van der Waals surface area contributed by atoms with Crippen LogP contribution in [0.15, 0.2) is 97.1 Å². The smallest absolute Gasteiger partial charge is 0.162 e. The number of ketones is 1. The van der Waals surface area contributed by atoms with Crippen LogP contribution in [0.5, 0.6) is 23.0 Å². The van der Waals surface area contributed by atoms with Gasteiger partial charge in [0.25, 0.3) is 0 Å². The van der Waals surface area contributed by atoms with Crippen molar-refractivity contribution < 1.29 is 23.7 Å². The van der Waals surface area contributed by atoms with E-state index in [-0.39, 0.29) is 5.78 Å². The quantitative estimate of drug-likeness (QED) is 0.147. The van der Waals surface area contributed by atoms with Crippen LogP contribution in [0.3, 0.4) is 0 Å². The Morgan fingerprint density at radius 1 is 0.700 bits per heavy atom. The van der Waals surface area contributed by atoms with Gasteiger partial charge in [0.2, 0.25) is 0 Å². The summed E-state index contributed by atoms with van der Waals surface area (Å²) in [6, 6.07) is 29.2. The van der Waals surface area contributed by atoms with Crippen molar-refractivity contribution in [2.75, 3.05) is 14.2 Å². The topological polar surface area (TPSA) is 54.0 Å². The largest absolute Gasteiger partial charge is 0.493 e. The van der Waals surface area contributed by atoms with Crippen molar-refractivity contribution in [1.82, 2.24) is 0 Å². The van der Waals surface area contributed by atoms with Crippen molar-refractivity contribution >= 4 is 23.5 Å². The van der Waals surface area contributed by atoms with Gasteiger partial charge in [0.05, 0.1) is 19.2 Å². The molecule has 0 bridgehead atoms. The van der Waals surface area contributed by atoms with Crippen molar-refractivity contribution in [3.8, 4) is 23.0 Å². The highest BCUT2D eigenvalue weighted by molar-refractivity contribution is 6.32. The van der Waals surface area contributed by atoms with Gasteiger partial charge in [-0.1, -0.05) is 78.3 Å². The zero-order valence-corrected chi connectivity index (χ0v) is 23.5. The molecule has 0 amide bonds. The van der Waals surface area contributed by atoms with E-state index in [0.717, 1.165) is 23.1 Å². The Kier molecular flexibility index (Phi) is 10.6. The maximum absolute atomic E-state index is 12.6. The number of carbonyl (C=O) groups excluding carboxylic acids is 1. The Balaban J connectivity index is 1.32. The number of ether oxygens (including phenoxy) is 4. The molecule has 0 aliphatic rings. The molecule has 40 heavy (non-hydrogen) atoms. The molecule has 0 heterocycles. The number of hydrogen-bond acceptors (Lipinski definition) is 5. The highest BCUT2D eigenvalue weighted by atomic mass is 35.5. The van der Waals surface area contributed by atoms with E-state index in [0.29, 0.717) is 59.6 Å². The second kappa shape index (κ2) is 14.8. The van der Waals surface area contributed by atoms with Crippen LogP contribution in [0.4, 0.5) is 0 Å². The lowest BCUT2D eigenvalue weighted by atomic mass is 10.1. The molecule has 0 spiro atoms. The monoisotopic (exact) mass is 556 g/mol. The molecule has 0 atom stereocenters. The van der Waals surface area contributed by atoms with Crippen LogP contribution >= 0.6 is 11.6 Å². The third-order valence-corrected chi connectivity index (χ3v) is 6.65. The molecule has 4 aromatic rings. The summed E-state index contributed by atoms with van der Waals surface area (Å²) in [6.07, 6.45) is 5.15.